The van der Waals surface area contributed by atoms with Crippen molar-refractivity contribution >= 4 is 39.0 Å². The lowest BCUT2D eigenvalue weighted by Crippen LogP contribution is -2.43. The highest BCUT2D eigenvalue weighted by Gasteiger charge is 2.13. The van der Waals surface area contributed by atoms with E-state index >= 15 is 0 Å². The Hall–Kier alpha value is -3.11. The van der Waals surface area contributed by atoms with E-state index in [0.29, 0.717) is 11.6 Å². The molecular formula is C17H17N9S. The highest BCUT2D eigenvalue weighted by Crippen LogP contribution is 2.26. The monoisotopic (exact) mass is 379 g/mol. The van der Waals surface area contributed by atoms with Gasteiger partial charge in [0.05, 0.1) is 22.6 Å². The van der Waals surface area contributed by atoms with E-state index in [0.717, 1.165) is 47.3 Å². The number of aromatic nitrogens is 6. The van der Waals surface area contributed by atoms with Crippen molar-refractivity contribution in [2.45, 2.75) is 0 Å². The van der Waals surface area contributed by atoms with Gasteiger partial charge in [0.15, 0.2) is 5.82 Å². The number of fused-ring (bicyclic) bond motifs is 1. The van der Waals surface area contributed by atoms with E-state index in [1.54, 1.807) is 34.6 Å². The molecule has 0 bridgehead atoms. The summed E-state index contributed by atoms with van der Waals surface area (Å²) in [6.45, 7) is 3.77. The van der Waals surface area contributed by atoms with E-state index in [-0.39, 0.29) is 0 Å². The van der Waals surface area contributed by atoms with E-state index in [4.69, 9.17) is 0 Å². The first-order valence-electron chi connectivity index (χ1n) is 8.66. The van der Waals surface area contributed by atoms with Crippen LogP contribution in [0.1, 0.15) is 0 Å². The van der Waals surface area contributed by atoms with Crippen LogP contribution in [0, 0.1) is 0 Å². The van der Waals surface area contributed by atoms with Gasteiger partial charge in [0.1, 0.15) is 11.6 Å². The molecule has 136 valence electrons. The number of rotatable bonds is 4. The minimum absolute atomic E-state index is 0.667. The quantitative estimate of drug-likeness (QED) is 0.554. The van der Waals surface area contributed by atoms with Crippen molar-refractivity contribution in [2.75, 3.05) is 36.4 Å². The maximum atomic E-state index is 4.67. The summed E-state index contributed by atoms with van der Waals surface area (Å²) in [6.07, 6.45) is 8.93. The van der Waals surface area contributed by atoms with Crippen LogP contribution in [-0.2, 0) is 0 Å². The molecule has 0 saturated carbocycles. The summed E-state index contributed by atoms with van der Waals surface area (Å²) in [6, 6.07) is 3.79. The van der Waals surface area contributed by atoms with Gasteiger partial charge in [0.25, 0.3) is 0 Å². The summed E-state index contributed by atoms with van der Waals surface area (Å²) in [5.41, 5.74) is 0.870. The van der Waals surface area contributed by atoms with Crippen molar-refractivity contribution in [3.05, 3.63) is 43.1 Å². The van der Waals surface area contributed by atoms with Gasteiger partial charge in [0.2, 0.25) is 5.13 Å². The van der Waals surface area contributed by atoms with Crippen molar-refractivity contribution in [1.82, 2.24) is 35.0 Å². The summed E-state index contributed by atoms with van der Waals surface area (Å²) < 4.78 is 2.76. The molecule has 9 nitrogen and oxygen atoms in total. The lowest BCUT2D eigenvalue weighted by atomic mass is 10.3. The Morgan fingerprint density at radius 2 is 2.00 bits per heavy atom. The van der Waals surface area contributed by atoms with Gasteiger partial charge in [-0.1, -0.05) is 11.3 Å². The summed E-state index contributed by atoms with van der Waals surface area (Å²) >= 11 is 1.55. The number of hydrogen-bond acceptors (Lipinski definition) is 9. The molecular weight excluding hydrogens is 362 g/mol. The molecule has 0 aromatic carbocycles. The summed E-state index contributed by atoms with van der Waals surface area (Å²) in [4.78, 5) is 20.3. The normalized spacial score (nSPS) is 14.6. The van der Waals surface area contributed by atoms with Gasteiger partial charge in [-0.2, -0.15) is 5.10 Å². The Bertz CT molecular complexity index is 1050. The molecule has 0 amide bonds. The fourth-order valence-electron chi connectivity index (χ4n) is 2.96. The maximum Gasteiger partial charge on any atom is 0.211 e. The second kappa shape index (κ2) is 6.89. The third-order valence-electron chi connectivity index (χ3n) is 4.28. The Labute approximate surface area is 159 Å². The number of nitrogens with one attached hydrogen (secondary N) is 2. The number of pyridine rings is 1. The van der Waals surface area contributed by atoms with Crippen molar-refractivity contribution in [1.29, 1.82) is 0 Å². The molecule has 1 fully saturated rings. The van der Waals surface area contributed by atoms with Crippen molar-refractivity contribution < 1.29 is 0 Å². The van der Waals surface area contributed by atoms with E-state index < -0.39 is 0 Å². The molecule has 0 unspecified atom stereocenters. The molecule has 5 rings (SSSR count). The second-order valence-electron chi connectivity index (χ2n) is 6.11. The maximum absolute atomic E-state index is 4.67. The molecule has 4 aromatic rings. The van der Waals surface area contributed by atoms with Gasteiger partial charge in [-0.25, -0.2) is 19.6 Å². The molecule has 0 atom stereocenters. The van der Waals surface area contributed by atoms with Gasteiger partial charge in [0, 0.05) is 50.8 Å². The number of anilines is 3. The van der Waals surface area contributed by atoms with Crippen LogP contribution in [0.25, 0.3) is 15.3 Å². The summed E-state index contributed by atoms with van der Waals surface area (Å²) in [5.74, 6) is 2.23. The van der Waals surface area contributed by atoms with Crippen LogP contribution in [0.2, 0.25) is 0 Å². The van der Waals surface area contributed by atoms with Crippen molar-refractivity contribution in [3.8, 4) is 5.13 Å². The molecule has 10 heteroatoms. The fraction of sp³-hybridized carbons (Fsp3) is 0.235. The minimum Gasteiger partial charge on any atom is -0.353 e. The third-order valence-corrected chi connectivity index (χ3v) is 5.28. The van der Waals surface area contributed by atoms with Gasteiger partial charge < -0.3 is 15.5 Å². The first-order chi connectivity index (χ1) is 13.3. The zero-order chi connectivity index (χ0) is 18.1. The fourth-order valence-corrected chi connectivity index (χ4v) is 3.82. The number of hydrogen-bond donors (Lipinski definition) is 2. The van der Waals surface area contributed by atoms with Crippen LogP contribution in [0.5, 0.6) is 0 Å². The van der Waals surface area contributed by atoms with Crippen LogP contribution < -0.4 is 15.5 Å². The molecule has 27 heavy (non-hydrogen) atoms. The highest BCUT2D eigenvalue weighted by molar-refractivity contribution is 7.20. The van der Waals surface area contributed by atoms with E-state index in [9.17, 15) is 0 Å². The molecule has 0 aliphatic carbocycles. The third kappa shape index (κ3) is 3.32. The predicted molar refractivity (Wildman–Crippen MR) is 105 cm³/mol. The smallest absolute Gasteiger partial charge is 0.211 e. The highest BCUT2D eigenvalue weighted by atomic mass is 32.1. The lowest BCUT2D eigenvalue weighted by Gasteiger charge is -2.28. The SMILES string of the molecule is c1cnn(-c2nc3cc(Nc4cncc(N5CCNCC5)n4)ncc3s2)c1. The first-order valence-corrected chi connectivity index (χ1v) is 9.48. The summed E-state index contributed by atoms with van der Waals surface area (Å²) in [5, 5.41) is 11.6. The van der Waals surface area contributed by atoms with E-state index in [2.05, 4.69) is 40.6 Å². The standard InChI is InChI=1S/C17H17N9S/c1-2-21-26(5-1)17-22-12-8-14(20-9-13(12)27-17)23-15-10-19-11-16(24-15)25-6-3-18-4-7-25/h1-2,5,8-11,18H,3-4,6-7H2,(H,20,23,24). The minimum atomic E-state index is 0.667. The molecule has 1 saturated heterocycles. The predicted octanol–water partition coefficient (Wildman–Crippen LogP) is 1.82. The topological polar surface area (TPSA) is 96.7 Å². The van der Waals surface area contributed by atoms with Gasteiger partial charge in [-0.15, -0.1) is 0 Å². The Balaban J connectivity index is 1.39. The zero-order valence-corrected chi connectivity index (χ0v) is 15.2. The Morgan fingerprint density at radius 1 is 1.07 bits per heavy atom. The first kappa shape index (κ1) is 16.1. The molecule has 4 aromatic heterocycles. The summed E-state index contributed by atoms with van der Waals surface area (Å²) in [7, 11) is 0. The van der Waals surface area contributed by atoms with Gasteiger partial charge >= 0.3 is 0 Å². The van der Waals surface area contributed by atoms with Crippen LogP contribution in [0.3, 0.4) is 0 Å². The van der Waals surface area contributed by atoms with Gasteiger partial charge in [-0.05, 0) is 6.07 Å². The average molecular weight is 379 g/mol. The van der Waals surface area contributed by atoms with Crippen LogP contribution in [0.15, 0.2) is 43.1 Å². The second-order valence-corrected chi connectivity index (χ2v) is 7.12. The van der Waals surface area contributed by atoms with Crippen molar-refractivity contribution in [3.63, 3.8) is 0 Å². The Morgan fingerprint density at radius 3 is 2.85 bits per heavy atom. The number of thiazole rings is 1. The van der Waals surface area contributed by atoms with E-state index in [1.807, 2.05) is 24.5 Å². The molecule has 1 aliphatic rings. The lowest BCUT2D eigenvalue weighted by molar-refractivity contribution is 0.584. The van der Waals surface area contributed by atoms with E-state index in [1.165, 1.54) is 0 Å². The van der Waals surface area contributed by atoms with Crippen LogP contribution >= 0.6 is 11.3 Å². The van der Waals surface area contributed by atoms with Crippen LogP contribution in [0.4, 0.5) is 17.5 Å². The van der Waals surface area contributed by atoms with Crippen LogP contribution in [-0.4, -0.2) is 55.9 Å². The number of nitrogens with zero attached hydrogens (tertiary/aromatic N) is 7. The number of piperazine rings is 1. The molecule has 0 spiro atoms. The molecule has 5 heterocycles. The zero-order valence-electron chi connectivity index (χ0n) is 14.4. The largest absolute Gasteiger partial charge is 0.353 e. The molecule has 1 aliphatic heterocycles. The molecule has 0 radical (unpaired) electrons. The van der Waals surface area contributed by atoms with Gasteiger partial charge in [-0.3, -0.25) is 4.98 Å². The average Bonchev–Trinajstić information content (AvgIpc) is 3.38. The molecule has 2 N–H and O–H groups in total. The Kier molecular flexibility index (Phi) is 4.11. The van der Waals surface area contributed by atoms with Crippen molar-refractivity contribution in [2.24, 2.45) is 0 Å².